The van der Waals surface area contributed by atoms with Crippen LogP contribution in [0.1, 0.15) is 22.8 Å². The standard InChI is InChI=1S/C17H15N3O5S/c1-3-22-17(21)11-5-4-6-12(9-11)20-24-13-10(2)14(15-18-7-8-23-15)26-16(13)19-25-20/h4-9,19H,3H2,1-2H3. The molecule has 4 aromatic rings. The highest BCUT2D eigenvalue weighted by Gasteiger charge is 2.18. The normalized spacial score (nSPS) is 11.0. The first kappa shape index (κ1) is 16.3. The van der Waals surface area contributed by atoms with Crippen molar-refractivity contribution >= 4 is 27.7 Å². The average molecular weight is 373 g/mol. The van der Waals surface area contributed by atoms with Gasteiger partial charge in [0.2, 0.25) is 11.5 Å². The van der Waals surface area contributed by atoms with Crippen LogP contribution in [0.5, 0.6) is 0 Å². The number of nitrogens with one attached hydrogen (secondary N) is 1. The maximum Gasteiger partial charge on any atom is 0.338 e. The van der Waals surface area contributed by atoms with Gasteiger partial charge in [-0.3, -0.25) is 4.63 Å². The maximum absolute atomic E-state index is 11.9. The van der Waals surface area contributed by atoms with E-state index in [4.69, 9.17) is 18.3 Å². The number of aryl methyl sites for hydroxylation is 1. The van der Waals surface area contributed by atoms with E-state index in [0.29, 0.717) is 34.2 Å². The molecule has 0 aliphatic carbocycles. The van der Waals surface area contributed by atoms with Crippen molar-refractivity contribution in [1.82, 2.24) is 15.1 Å². The van der Waals surface area contributed by atoms with Crippen molar-refractivity contribution in [1.29, 1.82) is 0 Å². The van der Waals surface area contributed by atoms with Gasteiger partial charge in [-0.2, -0.15) is 5.16 Å². The molecule has 0 radical (unpaired) electrons. The molecule has 4 rings (SSSR count). The summed E-state index contributed by atoms with van der Waals surface area (Å²) in [5, 5.41) is 2.84. The Hall–Kier alpha value is -3.20. The van der Waals surface area contributed by atoms with E-state index in [-0.39, 0.29) is 0 Å². The number of carbonyl (C=O) groups excluding carboxylic acids is 1. The number of hydrogen-bond donors (Lipinski definition) is 1. The molecule has 1 N–H and O–H groups in total. The summed E-state index contributed by atoms with van der Waals surface area (Å²) >= 11 is 1.41. The van der Waals surface area contributed by atoms with E-state index in [1.165, 1.54) is 22.5 Å². The van der Waals surface area contributed by atoms with E-state index in [0.717, 1.165) is 10.4 Å². The zero-order valence-corrected chi connectivity index (χ0v) is 14.8. The van der Waals surface area contributed by atoms with Crippen molar-refractivity contribution in [2.24, 2.45) is 0 Å². The third-order valence-corrected chi connectivity index (χ3v) is 4.84. The largest absolute Gasteiger partial charge is 0.462 e. The van der Waals surface area contributed by atoms with E-state index in [9.17, 15) is 4.79 Å². The fourth-order valence-electron chi connectivity index (χ4n) is 2.47. The van der Waals surface area contributed by atoms with Gasteiger partial charge in [-0.15, -0.1) is 11.3 Å². The number of oxazole rings is 1. The molecule has 26 heavy (non-hydrogen) atoms. The predicted octanol–water partition coefficient (Wildman–Crippen LogP) is 4.47. The van der Waals surface area contributed by atoms with E-state index in [2.05, 4.69) is 10.1 Å². The summed E-state index contributed by atoms with van der Waals surface area (Å²) < 4.78 is 21.7. The Morgan fingerprint density at radius 2 is 2.31 bits per heavy atom. The van der Waals surface area contributed by atoms with Gasteiger partial charge >= 0.3 is 5.97 Å². The van der Waals surface area contributed by atoms with Gasteiger partial charge in [0.25, 0.3) is 0 Å². The van der Waals surface area contributed by atoms with E-state index in [1.54, 1.807) is 37.4 Å². The Kier molecular flexibility index (Phi) is 4.13. The van der Waals surface area contributed by atoms with Crippen LogP contribution in [-0.4, -0.2) is 27.6 Å². The van der Waals surface area contributed by atoms with Gasteiger partial charge in [0.05, 0.1) is 23.2 Å². The first-order valence-electron chi connectivity index (χ1n) is 7.89. The van der Waals surface area contributed by atoms with Gasteiger partial charge < -0.3 is 13.7 Å². The summed E-state index contributed by atoms with van der Waals surface area (Å²) in [6.45, 7) is 3.98. The SMILES string of the molecule is CCOC(=O)c1cccc(-n2o[nH]c3sc(-c4ncco4)c(C)c3o2)c1. The van der Waals surface area contributed by atoms with Crippen LogP contribution in [0.25, 0.3) is 26.9 Å². The summed E-state index contributed by atoms with van der Waals surface area (Å²) in [6, 6.07) is 6.77. The van der Waals surface area contributed by atoms with Gasteiger partial charge in [-0.25, -0.2) is 9.78 Å². The second kappa shape index (κ2) is 6.60. The number of fused-ring (bicyclic) bond motifs is 1. The van der Waals surface area contributed by atoms with Crippen molar-refractivity contribution in [3.63, 3.8) is 0 Å². The molecule has 134 valence electrons. The summed E-state index contributed by atoms with van der Waals surface area (Å²) in [5.41, 5.74) is 2.42. The first-order chi connectivity index (χ1) is 12.7. The molecule has 0 saturated heterocycles. The monoisotopic (exact) mass is 373 g/mol. The van der Waals surface area contributed by atoms with E-state index in [1.807, 2.05) is 6.92 Å². The Bertz CT molecular complexity index is 1090. The molecule has 0 atom stereocenters. The Labute approximate surface area is 151 Å². The van der Waals surface area contributed by atoms with Crippen LogP contribution in [0, 0.1) is 6.92 Å². The number of carbonyl (C=O) groups is 1. The Morgan fingerprint density at radius 3 is 3.08 bits per heavy atom. The lowest BCUT2D eigenvalue weighted by Gasteiger charge is -2.06. The van der Waals surface area contributed by atoms with Gasteiger partial charge in [0.1, 0.15) is 12.0 Å². The van der Waals surface area contributed by atoms with Crippen molar-refractivity contribution in [2.75, 3.05) is 6.61 Å². The topological polar surface area (TPSA) is 99.3 Å². The number of H-pyrrole nitrogens is 1. The molecule has 3 aromatic heterocycles. The van der Waals surface area contributed by atoms with Crippen LogP contribution >= 0.6 is 11.3 Å². The van der Waals surface area contributed by atoms with Crippen LogP contribution < -0.4 is 0 Å². The predicted molar refractivity (Wildman–Crippen MR) is 93.9 cm³/mol. The van der Waals surface area contributed by atoms with Crippen molar-refractivity contribution < 1.29 is 23.1 Å². The molecule has 0 bridgehead atoms. The van der Waals surface area contributed by atoms with Gasteiger partial charge in [-0.1, -0.05) is 6.07 Å². The van der Waals surface area contributed by atoms with Crippen LogP contribution in [0.4, 0.5) is 0 Å². The molecule has 0 aliphatic rings. The number of ether oxygens (including phenoxy) is 1. The van der Waals surface area contributed by atoms with Crippen molar-refractivity contribution in [2.45, 2.75) is 13.8 Å². The molecule has 1 aromatic carbocycles. The van der Waals surface area contributed by atoms with E-state index < -0.39 is 5.97 Å². The average Bonchev–Trinajstić information content (AvgIpc) is 3.30. The van der Waals surface area contributed by atoms with Crippen LogP contribution in [-0.2, 0) is 4.74 Å². The minimum Gasteiger partial charge on any atom is -0.462 e. The molecule has 0 spiro atoms. The fraction of sp³-hybridized carbons (Fsp3) is 0.176. The lowest BCUT2D eigenvalue weighted by atomic mass is 10.2. The molecule has 0 aliphatic heterocycles. The second-order valence-electron chi connectivity index (χ2n) is 5.36. The highest BCUT2D eigenvalue weighted by molar-refractivity contribution is 7.21. The molecule has 3 heterocycles. The van der Waals surface area contributed by atoms with Crippen LogP contribution in [0.15, 0.2) is 50.3 Å². The molecule has 0 saturated carbocycles. The second-order valence-corrected chi connectivity index (χ2v) is 6.38. The fourth-order valence-corrected chi connectivity index (χ4v) is 3.47. The number of thiophene rings is 1. The van der Waals surface area contributed by atoms with Gasteiger partial charge in [-0.05, 0) is 37.0 Å². The number of rotatable bonds is 4. The van der Waals surface area contributed by atoms with E-state index >= 15 is 0 Å². The molecule has 0 unspecified atom stereocenters. The number of nitrogens with zero attached hydrogens (tertiary/aromatic N) is 2. The third-order valence-electron chi connectivity index (χ3n) is 3.68. The molecular formula is C17H15N3O5S. The summed E-state index contributed by atoms with van der Waals surface area (Å²) in [4.78, 5) is 18.8. The number of aromatic nitrogens is 3. The van der Waals surface area contributed by atoms with Gasteiger partial charge in [0.15, 0.2) is 4.83 Å². The zero-order chi connectivity index (χ0) is 18.1. The molecular weight excluding hydrogens is 358 g/mol. The van der Waals surface area contributed by atoms with Crippen LogP contribution in [0.3, 0.4) is 0 Å². The Morgan fingerprint density at radius 1 is 1.42 bits per heavy atom. The summed E-state index contributed by atoms with van der Waals surface area (Å²) in [7, 11) is 0. The number of hydrogen-bond acceptors (Lipinski definition) is 7. The smallest absolute Gasteiger partial charge is 0.338 e. The van der Waals surface area contributed by atoms with Crippen molar-refractivity contribution in [3.8, 4) is 16.5 Å². The van der Waals surface area contributed by atoms with Crippen LogP contribution in [0.2, 0.25) is 0 Å². The summed E-state index contributed by atoms with van der Waals surface area (Å²) in [5.74, 6) is 0.112. The minimum absolute atomic E-state index is 0.308. The Balaban J connectivity index is 1.77. The number of benzene rings is 1. The minimum atomic E-state index is -0.405. The molecule has 9 heteroatoms. The summed E-state index contributed by atoms with van der Waals surface area (Å²) in [6.07, 6.45) is 3.11. The molecule has 0 fully saturated rings. The molecule has 0 amide bonds. The number of esters is 1. The lowest BCUT2D eigenvalue weighted by Crippen LogP contribution is -2.05. The lowest BCUT2D eigenvalue weighted by molar-refractivity contribution is 0.0525. The quantitative estimate of drug-likeness (QED) is 0.530. The maximum atomic E-state index is 11.9. The highest BCUT2D eigenvalue weighted by Crippen LogP contribution is 2.36. The first-order valence-corrected chi connectivity index (χ1v) is 8.70. The highest BCUT2D eigenvalue weighted by atomic mass is 32.1. The number of aromatic amines is 1. The third kappa shape index (κ3) is 2.82. The van der Waals surface area contributed by atoms with Gasteiger partial charge in [0, 0.05) is 5.56 Å². The molecule has 8 nitrogen and oxygen atoms in total. The van der Waals surface area contributed by atoms with Crippen molar-refractivity contribution in [3.05, 3.63) is 47.9 Å². The zero-order valence-electron chi connectivity index (χ0n) is 14.0.